The number of alkyl halides is 6. The average Bonchev–Trinajstić information content (AvgIpc) is 3.02. The molecule has 3 aromatic rings. The molecular formula is C32H33F6N5O5. The zero-order valence-electron chi connectivity index (χ0n) is 25.9. The average molecular weight is 682 g/mol. The highest BCUT2D eigenvalue weighted by molar-refractivity contribution is 6.02. The quantitative estimate of drug-likeness (QED) is 0.206. The first-order valence-electron chi connectivity index (χ1n) is 14.6. The molecule has 4 rings (SSSR count). The van der Waals surface area contributed by atoms with Gasteiger partial charge in [0.05, 0.1) is 35.9 Å². The number of likely N-dealkylation sites (N-methyl/N-ethyl adjacent to an activating group) is 1. The van der Waals surface area contributed by atoms with Gasteiger partial charge in [-0.2, -0.15) is 26.3 Å². The first-order chi connectivity index (χ1) is 22.5. The molecule has 258 valence electrons. The van der Waals surface area contributed by atoms with Crippen LogP contribution < -0.4 is 20.7 Å². The maximum Gasteiger partial charge on any atom is 0.416 e. The summed E-state index contributed by atoms with van der Waals surface area (Å²) < 4.78 is 83.5. The number of rotatable bonds is 7. The minimum atomic E-state index is -4.54. The molecule has 0 bridgehead atoms. The van der Waals surface area contributed by atoms with Crippen LogP contribution >= 0.6 is 0 Å². The molecule has 48 heavy (non-hydrogen) atoms. The fraction of sp³-hybridized carbons (Fsp3) is 0.344. The number of benzene rings is 3. The second kappa shape index (κ2) is 14.4. The van der Waals surface area contributed by atoms with Crippen LogP contribution in [0.25, 0.3) is 0 Å². The summed E-state index contributed by atoms with van der Waals surface area (Å²) in [7, 11) is 1.47. The Morgan fingerprint density at radius 3 is 1.92 bits per heavy atom. The van der Waals surface area contributed by atoms with Crippen molar-refractivity contribution in [1.82, 2.24) is 9.80 Å². The molecule has 0 radical (unpaired) electrons. The number of aliphatic hydroxyl groups excluding tert-OH is 1. The standard InChI is InChI=1S/C32H33F6N5O5/c1-18-15-43(19(2)17-44)28(45)25-14-24(40-29(46)39-22-8-4-20(5-9-22)31(33,34)35)12-13-26(25)48-27(18)16-42(3)30(47)41-23-10-6-21(7-11-23)32(36,37)38/h4-14,18-19,27,44H,15-17H2,1-3H3,(H,41,47)(H2,39,40,46)/t18-,19+,27+/m0/s1. The number of ether oxygens (including phenoxy) is 1. The Hall–Kier alpha value is -4.99. The molecule has 1 aliphatic rings. The van der Waals surface area contributed by atoms with E-state index in [1.165, 1.54) is 35.0 Å². The minimum absolute atomic E-state index is 0.00184. The number of anilines is 3. The minimum Gasteiger partial charge on any atom is -0.487 e. The van der Waals surface area contributed by atoms with Crippen LogP contribution in [-0.2, 0) is 12.4 Å². The topological polar surface area (TPSA) is 123 Å². The van der Waals surface area contributed by atoms with Crippen LogP contribution in [0.2, 0.25) is 0 Å². The van der Waals surface area contributed by atoms with E-state index in [9.17, 15) is 45.8 Å². The van der Waals surface area contributed by atoms with Crippen molar-refractivity contribution in [2.24, 2.45) is 5.92 Å². The van der Waals surface area contributed by atoms with E-state index < -0.39 is 53.6 Å². The van der Waals surface area contributed by atoms with Gasteiger partial charge >= 0.3 is 24.4 Å². The van der Waals surface area contributed by atoms with E-state index in [-0.39, 0.29) is 54.0 Å². The van der Waals surface area contributed by atoms with Gasteiger partial charge in [0.15, 0.2) is 0 Å². The van der Waals surface area contributed by atoms with E-state index >= 15 is 0 Å². The van der Waals surface area contributed by atoms with Crippen molar-refractivity contribution >= 4 is 35.0 Å². The summed E-state index contributed by atoms with van der Waals surface area (Å²) in [6.45, 7) is 3.19. The Labute approximate surface area is 271 Å². The molecule has 1 aliphatic heterocycles. The highest BCUT2D eigenvalue weighted by Gasteiger charge is 2.35. The number of nitrogens with zero attached hydrogens (tertiary/aromatic N) is 2. The summed E-state index contributed by atoms with van der Waals surface area (Å²) in [6.07, 6.45) is -9.76. The monoisotopic (exact) mass is 681 g/mol. The Morgan fingerprint density at radius 2 is 1.40 bits per heavy atom. The summed E-state index contributed by atoms with van der Waals surface area (Å²) in [5.41, 5.74) is -1.31. The Kier molecular flexibility index (Phi) is 10.8. The number of hydrogen-bond acceptors (Lipinski definition) is 5. The molecule has 0 saturated heterocycles. The maximum atomic E-state index is 13.7. The van der Waals surface area contributed by atoms with Crippen molar-refractivity contribution in [3.8, 4) is 5.75 Å². The van der Waals surface area contributed by atoms with Crippen molar-refractivity contribution in [3.05, 3.63) is 83.4 Å². The van der Waals surface area contributed by atoms with Crippen LogP contribution in [0.15, 0.2) is 66.7 Å². The van der Waals surface area contributed by atoms with E-state index in [0.29, 0.717) is 0 Å². The zero-order valence-corrected chi connectivity index (χ0v) is 25.9. The van der Waals surface area contributed by atoms with E-state index in [2.05, 4.69) is 16.0 Å². The number of fused-ring (bicyclic) bond motifs is 1. The molecule has 1 heterocycles. The van der Waals surface area contributed by atoms with E-state index in [1.54, 1.807) is 13.8 Å². The zero-order chi connectivity index (χ0) is 35.4. The molecular weight excluding hydrogens is 648 g/mol. The third kappa shape index (κ3) is 8.87. The van der Waals surface area contributed by atoms with Crippen molar-refractivity contribution in [3.63, 3.8) is 0 Å². The summed E-state index contributed by atoms with van der Waals surface area (Å²) in [5, 5.41) is 17.4. The van der Waals surface area contributed by atoms with Crippen LogP contribution in [0, 0.1) is 5.92 Å². The lowest BCUT2D eigenvalue weighted by Crippen LogP contribution is -2.50. The van der Waals surface area contributed by atoms with Crippen molar-refractivity contribution < 1.29 is 50.6 Å². The highest BCUT2D eigenvalue weighted by atomic mass is 19.4. The second-order valence-electron chi connectivity index (χ2n) is 11.4. The molecule has 16 heteroatoms. The summed E-state index contributed by atoms with van der Waals surface area (Å²) in [5.74, 6) is -0.751. The smallest absolute Gasteiger partial charge is 0.416 e. The van der Waals surface area contributed by atoms with Gasteiger partial charge in [-0.1, -0.05) is 6.92 Å². The molecule has 3 aromatic carbocycles. The lowest BCUT2D eigenvalue weighted by atomic mass is 9.99. The number of urea groups is 2. The van der Waals surface area contributed by atoms with Gasteiger partial charge in [0, 0.05) is 36.6 Å². The number of carbonyl (C=O) groups is 3. The summed E-state index contributed by atoms with van der Waals surface area (Å²) in [6, 6.07) is 10.0. The molecule has 0 spiro atoms. The number of amides is 5. The lowest BCUT2D eigenvalue weighted by molar-refractivity contribution is -0.138. The largest absolute Gasteiger partial charge is 0.487 e. The number of halogens is 6. The fourth-order valence-electron chi connectivity index (χ4n) is 4.87. The third-order valence-corrected chi connectivity index (χ3v) is 7.66. The number of carbonyl (C=O) groups excluding carboxylic acids is 3. The Bertz CT molecular complexity index is 1620. The van der Waals surface area contributed by atoms with Crippen LogP contribution in [0.1, 0.15) is 35.3 Å². The van der Waals surface area contributed by atoms with E-state index in [1.807, 2.05) is 0 Å². The predicted molar refractivity (Wildman–Crippen MR) is 165 cm³/mol. The van der Waals surface area contributed by atoms with Gasteiger partial charge < -0.3 is 35.6 Å². The van der Waals surface area contributed by atoms with Gasteiger partial charge in [-0.25, -0.2) is 9.59 Å². The molecule has 4 N–H and O–H groups in total. The van der Waals surface area contributed by atoms with Crippen LogP contribution in [0.5, 0.6) is 5.75 Å². The highest BCUT2D eigenvalue weighted by Crippen LogP contribution is 2.33. The maximum absolute atomic E-state index is 13.7. The van der Waals surface area contributed by atoms with Gasteiger partial charge in [-0.15, -0.1) is 0 Å². The number of aliphatic hydroxyl groups is 1. The summed E-state index contributed by atoms with van der Waals surface area (Å²) in [4.78, 5) is 41.9. The van der Waals surface area contributed by atoms with E-state index in [0.717, 1.165) is 48.5 Å². The van der Waals surface area contributed by atoms with Crippen LogP contribution in [0.4, 0.5) is 53.0 Å². The lowest BCUT2D eigenvalue weighted by Gasteiger charge is -2.38. The predicted octanol–water partition coefficient (Wildman–Crippen LogP) is 6.75. The third-order valence-electron chi connectivity index (χ3n) is 7.66. The normalized spacial score (nSPS) is 17.3. The molecule has 0 fully saturated rings. The van der Waals surface area contributed by atoms with Gasteiger partial charge in [-0.05, 0) is 73.7 Å². The molecule has 0 unspecified atom stereocenters. The van der Waals surface area contributed by atoms with Crippen LogP contribution in [0.3, 0.4) is 0 Å². The van der Waals surface area contributed by atoms with Crippen molar-refractivity contribution in [2.75, 3.05) is 42.7 Å². The van der Waals surface area contributed by atoms with Gasteiger partial charge in [0.25, 0.3) is 5.91 Å². The van der Waals surface area contributed by atoms with Crippen molar-refractivity contribution in [2.45, 2.75) is 38.3 Å². The first-order valence-corrected chi connectivity index (χ1v) is 14.6. The van der Waals surface area contributed by atoms with Gasteiger partial charge in [0.1, 0.15) is 11.9 Å². The van der Waals surface area contributed by atoms with E-state index in [4.69, 9.17) is 4.74 Å². The molecule has 3 atom stereocenters. The molecule has 0 saturated carbocycles. The Balaban J connectivity index is 1.51. The van der Waals surface area contributed by atoms with Gasteiger partial charge in [0.2, 0.25) is 0 Å². The number of hydrogen-bond donors (Lipinski definition) is 4. The molecule has 0 aliphatic carbocycles. The molecule has 0 aromatic heterocycles. The number of nitrogens with one attached hydrogen (secondary N) is 3. The SMILES string of the molecule is C[C@H](CO)N1C[C@H](C)[C@@H](CN(C)C(=O)Nc2ccc(C(F)(F)F)cc2)Oc2ccc(NC(=O)Nc3ccc(C(F)(F)F)cc3)cc2C1=O. The first kappa shape index (κ1) is 35.9. The second-order valence-corrected chi connectivity index (χ2v) is 11.4. The fourth-order valence-corrected chi connectivity index (χ4v) is 4.87. The van der Waals surface area contributed by atoms with Crippen molar-refractivity contribution in [1.29, 1.82) is 0 Å². The Morgan fingerprint density at radius 1 is 0.896 bits per heavy atom. The van der Waals surface area contributed by atoms with Crippen LogP contribution in [-0.4, -0.2) is 71.8 Å². The van der Waals surface area contributed by atoms with Gasteiger partial charge in [-0.3, -0.25) is 4.79 Å². The summed E-state index contributed by atoms with van der Waals surface area (Å²) >= 11 is 0. The molecule has 5 amide bonds. The molecule has 10 nitrogen and oxygen atoms in total.